The Morgan fingerprint density at radius 2 is 1.94 bits per heavy atom. The number of rotatable bonds is 4. The molecule has 1 rings (SSSR count). The molecule has 0 saturated carbocycles. The van der Waals surface area contributed by atoms with E-state index in [0.717, 1.165) is 0 Å². The van der Waals surface area contributed by atoms with Gasteiger partial charge >= 0.3 is 0 Å². The first-order valence-corrected chi connectivity index (χ1v) is 7.87. The minimum absolute atomic E-state index is 0.395. The Balaban J connectivity index is 3.15. The molecule has 96 valence electrons. The van der Waals surface area contributed by atoms with Gasteiger partial charge in [-0.3, -0.25) is 0 Å². The lowest BCUT2D eigenvalue weighted by Gasteiger charge is -2.22. The maximum absolute atomic E-state index is 11.6. The molecule has 0 aromatic heterocycles. The van der Waals surface area contributed by atoms with E-state index < -0.39 is 21.1 Å². The van der Waals surface area contributed by atoms with Crippen LogP contribution in [0.15, 0.2) is 18.2 Å². The van der Waals surface area contributed by atoms with Crippen LogP contribution in [0.25, 0.3) is 0 Å². The van der Waals surface area contributed by atoms with Crippen LogP contribution in [0.4, 0.5) is 0 Å². The number of halogens is 2. The van der Waals surface area contributed by atoms with Crippen LogP contribution in [0.5, 0.6) is 0 Å². The van der Waals surface area contributed by atoms with Crippen LogP contribution in [0, 0.1) is 0 Å². The molecule has 0 aliphatic carbocycles. The third-order valence-corrected chi connectivity index (χ3v) is 4.96. The molecule has 0 heterocycles. The fraction of sp³-hybridized carbons (Fsp3) is 0.455. The van der Waals surface area contributed by atoms with Gasteiger partial charge in [0.1, 0.15) is 0 Å². The predicted molar refractivity (Wildman–Crippen MR) is 72.3 cm³/mol. The Morgan fingerprint density at radius 3 is 2.35 bits per heavy atom. The highest BCUT2D eigenvalue weighted by molar-refractivity contribution is 7.91. The third-order valence-electron chi connectivity index (χ3n) is 2.67. The van der Waals surface area contributed by atoms with Crippen molar-refractivity contribution in [2.45, 2.75) is 24.6 Å². The summed E-state index contributed by atoms with van der Waals surface area (Å²) in [6, 6.07) is 4.24. The van der Waals surface area contributed by atoms with E-state index in [1.54, 1.807) is 25.1 Å². The molecule has 0 bridgehead atoms. The minimum atomic E-state index is -3.21. The van der Waals surface area contributed by atoms with E-state index in [-0.39, 0.29) is 0 Å². The third kappa shape index (κ3) is 3.58. The highest BCUT2D eigenvalue weighted by Crippen LogP contribution is 2.29. The van der Waals surface area contributed by atoms with E-state index >= 15 is 0 Å². The molecule has 2 N–H and O–H groups in total. The van der Waals surface area contributed by atoms with Crippen LogP contribution < -0.4 is 5.73 Å². The van der Waals surface area contributed by atoms with E-state index in [1.165, 1.54) is 6.26 Å². The first-order chi connectivity index (χ1) is 7.77. The maximum Gasteiger partial charge on any atom is 0.152 e. The summed E-state index contributed by atoms with van der Waals surface area (Å²) in [6.07, 6.45) is 1.63. The SMILES string of the molecule is CC[C@H]([C@H](N)c1ccc(Cl)cc1Cl)S(C)(=O)=O. The first-order valence-electron chi connectivity index (χ1n) is 5.16. The molecule has 1 aromatic rings. The lowest BCUT2D eigenvalue weighted by Crippen LogP contribution is -2.32. The van der Waals surface area contributed by atoms with Gasteiger partial charge in [-0.05, 0) is 24.1 Å². The number of sulfone groups is 1. The molecule has 0 aliphatic rings. The monoisotopic (exact) mass is 295 g/mol. The molecular weight excluding hydrogens is 281 g/mol. The van der Waals surface area contributed by atoms with Crippen molar-refractivity contribution in [3.63, 3.8) is 0 Å². The highest BCUT2D eigenvalue weighted by Gasteiger charge is 2.28. The average molecular weight is 296 g/mol. The Labute approximate surface area is 112 Å². The van der Waals surface area contributed by atoms with Gasteiger partial charge in [0.15, 0.2) is 9.84 Å². The number of benzene rings is 1. The van der Waals surface area contributed by atoms with Crippen LogP contribution in [0.2, 0.25) is 10.0 Å². The molecule has 2 atom stereocenters. The van der Waals surface area contributed by atoms with Crippen molar-refractivity contribution in [1.82, 2.24) is 0 Å². The molecule has 1 aromatic carbocycles. The first kappa shape index (κ1) is 14.8. The van der Waals surface area contributed by atoms with Crippen molar-refractivity contribution >= 4 is 33.0 Å². The highest BCUT2D eigenvalue weighted by atomic mass is 35.5. The van der Waals surface area contributed by atoms with Gasteiger partial charge in [-0.15, -0.1) is 0 Å². The molecule has 17 heavy (non-hydrogen) atoms. The molecule has 0 spiro atoms. The predicted octanol–water partition coefficient (Wildman–Crippen LogP) is 2.82. The largest absolute Gasteiger partial charge is 0.323 e. The summed E-state index contributed by atoms with van der Waals surface area (Å²) in [5.41, 5.74) is 6.59. The summed E-state index contributed by atoms with van der Waals surface area (Å²) in [7, 11) is -3.21. The Kier molecular flexibility index (Phi) is 4.84. The lowest BCUT2D eigenvalue weighted by molar-refractivity contribution is 0.553. The second-order valence-corrected chi connectivity index (χ2v) is 7.08. The van der Waals surface area contributed by atoms with Crippen LogP contribution in [-0.2, 0) is 9.84 Å². The summed E-state index contributed by atoms with van der Waals surface area (Å²) < 4.78 is 23.2. The average Bonchev–Trinajstić information content (AvgIpc) is 2.15. The Bertz CT molecular complexity index is 502. The van der Waals surface area contributed by atoms with Gasteiger partial charge in [-0.2, -0.15) is 0 Å². The number of nitrogens with two attached hydrogens (primary N) is 1. The van der Waals surface area contributed by atoms with Crippen molar-refractivity contribution in [1.29, 1.82) is 0 Å². The second kappa shape index (κ2) is 5.57. The molecule has 0 radical (unpaired) electrons. The van der Waals surface area contributed by atoms with Crippen molar-refractivity contribution < 1.29 is 8.42 Å². The van der Waals surface area contributed by atoms with Crippen LogP contribution in [-0.4, -0.2) is 19.9 Å². The van der Waals surface area contributed by atoms with Gasteiger partial charge in [0.25, 0.3) is 0 Å². The summed E-state index contributed by atoms with van der Waals surface area (Å²) in [6.45, 7) is 1.79. The van der Waals surface area contributed by atoms with Gasteiger partial charge in [0, 0.05) is 22.3 Å². The zero-order valence-corrected chi connectivity index (χ0v) is 12.0. The van der Waals surface area contributed by atoms with Crippen molar-refractivity contribution in [2.24, 2.45) is 5.73 Å². The molecule has 6 heteroatoms. The quantitative estimate of drug-likeness (QED) is 0.929. The molecule has 3 nitrogen and oxygen atoms in total. The van der Waals surface area contributed by atoms with Crippen LogP contribution in [0.3, 0.4) is 0 Å². The molecule has 0 saturated heterocycles. The van der Waals surface area contributed by atoms with E-state index in [4.69, 9.17) is 28.9 Å². The topological polar surface area (TPSA) is 60.2 Å². The molecule has 0 fully saturated rings. The molecule has 0 unspecified atom stereocenters. The van der Waals surface area contributed by atoms with Crippen LogP contribution in [0.1, 0.15) is 24.9 Å². The Morgan fingerprint density at radius 1 is 1.35 bits per heavy atom. The van der Waals surface area contributed by atoms with Crippen molar-refractivity contribution in [3.05, 3.63) is 33.8 Å². The van der Waals surface area contributed by atoms with Gasteiger partial charge < -0.3 is 5.73 Å². The fourth-order valence-electron chi connectivity index (χ4n) is 1.80. The lowest BCUT2D eigenvalue weighted by atomic mass is 10.0. The van der Waals surface area contributed by atoms with Gasteiger partial charge in [-0.1, -0.05) is 36.2 Å². The van der Waals surface area contributed by atoms with Crippen molar-refractivity contribution in [3.8, 4) is 0 Å². The van der Waals surface area contributed by atoms with Gasteiger partial charge in [-0.25, -0.2) is 8.42 Å². The Hall–Kier alpha value is -0.290. The van der Waals surface area contributed by atoms with Crippen molar-refractivity contribution in [2.75, 3.05) is 6.26 Å². The summed E-state index contributed by atoms with van der Waals surface area (Å²) >= 11 is 11.8. The van der Waals surface area contributed by atoms with Crippen LogP contribution >= 0.6 is 23.2 Å². The molecule has 0 aliphatic heterocycles. The van der Waals surface area contributed by atoms with Gasteiger partial charge in [0.05, 0.1) is 5.25 Å². The zero-order chi connectivity index (χ0) is 13.2. The summed E-state index contributed by atoms with van der Waals surface area (Å²) in [5, 5.41) is 0.256. The molecular formula is C11H15Cl2NO2S. The minimum Gasteiger partial charge on any atom is -0.323 e. The number of hydrogen-bond donors (Lipinski definition) is 1. The second-order valence-electron chi connectivity index (χ2n) is 3.97. The fourth-order valence-corrected chi connectivity index (χ4v) is 3.61. The summed E-state index contributed by atoms with van der Waals surface area (Å²) in [5.74, 6) is 0. The van der Waals surface area contributed by atoms with E-state index in [2.05, 4.69) is 0 Å². The van der Waals surface area contributed by atoms with Gasteiger partial charge in [0.2, 0.25) is 0 Å². The zero-order valence-electron chi connectivity index (χ0n) is 9.65. The van der Waals surface area contributed by atoms with E-state index in [9.17, 15) is 8.42 Å². The normalized spacial score (nSPS) is 15.6. The smallest absolute Gasteiger partial charge is 0.152 e. The number of hydrogen-bond acceptors (Lipinski definition) is 3. The van der Waals surface area contributed by atoms with E-state index in [0.29, 0.717) is 22.0 Å². The molecule has 0 amide bonds. The maximum atomic E-state index is 11.6. The summed E-state index contributed by atoms with van der Waals surface area (Å²) in [4.78, 5) is 0. The standard InChI is InChI=1S/C11H15Cl2NO2S/c1-3-10(17(2,15)16)11(14)8-5-4-7(12)6-9(8)13/h4-6,10-11H,3,14H2,1-2H3/t10-,11-/m1/s1. The van der Waals surface area contributed by atoms with E-state index in [1.807, 2.05) is 0 Å².